The summed E-state index contributed by atoms with van der Waals surface area (Å²) in [4.78, 5) is 31.3. The molecule has 0 radical (unpaired) electrons. The largest absolute Gasteiger partial charge is 0.383 e. The fraction of sp³-hybridized carbons (Fsp3) is 0.375. The fourth-order valence-electron chi connectivity index (χ4n) is 5.67. The summed E-state index contributed by atoms with van der Waals surface area (Å²) in [5, 5.41) is 4.69. The minimum atomic E-state index is -0.344. The molecule has 4 aromatic rings. The van der Waals surface area contributed by atoms with Crippen LogP contribution in [0, 0.1) is 11.6 Å². The molecule has 2 aromatic carbocycles. The summed E-state index contributed by atoms with van der Waals surface area (Å²) in [6, 6.07) is 16.0. The molecule has 2 aliphatic rings. The lowest BCUT2D eigenvalue weighted by Crippen LogP contribution is -2.50. The van der Waals surface area contributed by atoms with Crippen LogP contribution in [-0.2, 0) is 16.1 Å². The Morgan fingerprint density at radius 2 is 1.34 bits per heavy atom. The zero-order valence-corrected chi connectivity index (χ0v) is 24.8. The average molecular weight is 603 g/mol. The van der Waals surface area contributed by atoms with Crippen LogP contribution in [-0.4, -0.2) is 108 Å². The number of anilines is 2. The van der Waals surface area contributed by atoms with Crippen LogP contribution in [0.2, 0.25) is 0 Å². The number of halogens is 2. The first-order valence-electron chi connectivity index (χ1n) is 14.9. The van der Waals surface area contributed by atoms with Crippen molar-refractivity contribution in [2.24, 2.45) is 0 Å². The van der Waals surface area contributed by atoms with Crippen molar-refractivity contribution in [1.82, 2.24) is 29.5 Å². The third-order valence-electron chi connectivity index (χ3n) is 8.25. The molecule has 0 bridgehead atoms. The quantitative estimate of drug-likeness (QED) is 0.289. The summed E-state index contributed by atoms with van der Waals surface area (Å²) in [5.74, 6) is 1.04. The van der Waals surface area contributed by atoms with E-state index in [0.29, 0.717) is 37.6 Å². The Bertz CT molecular complexity index is 1550. The van der Waals surface area contributed by atoms with E-state index in [4.69, 9.17) is 9.84 Å². The summed E-state index contributed by atoms with van der Waals surface area (Å²) >= 11 is 0. The van der Waals surface area contributed by atoms with Gasteiger partial charge in [0.05, 0.1) is 18.0 Å². The van der Waals surface area contributed by atoms with Gasteiger partial charge in [0.2, 0.25) is 5.91 Å². The molecule has 230 valence electrons. The number of methoxy groups -OCH3 is 1. The maximum Gasteiger partial charge on any atom is 0.244 e. The molecule has 0 spiro atoms. The standard InChI is InChI=1S/C32H36F2N8O2/c1-44-19-18-38-10-12-39(13-11-38)30-21-31(36-23-35-30)40-14-16-41(17-15-40)32(43)22-42-29(25-4-8-27(34)9-5-25)20-28(37-42)24-2-6-26(33)7-3-24/h2-9,20-21,23H,10-19,22H2,1H3. The fourth-order valence-corrected chi connectivity index (χ4v) is 5.67. The zero-order valence-electron chi connectivity index (χ0n) is 24.8. The Hall–Kier alpha value is -4.42. The maximum atomic E-state index is 13.6. The highest BCUT2D eigenvalue weighted by molar-refractivity contribution is 5.78. The molecule has 0 unspecified atom stereocenters. The Morgan fingerprint density at radius 1 is 0.773 bits per heavy atom. The first-order chi connectivity index (χ1) is 21.5. The molecule has 44 heavy (non-hydrogen) atoms. The number of ether oxygens (including phenoxy) is 1. The topological polar surface area (TPSA) is 82.9 Å². The second-order valence-electron chi connectivity index (χ2n) is 11.0. The predicted molar refractivity (Wildman–Crippen MR) is 164 cm³/mol. The molecular weight excluding hydrogens is 566 g/mol. The van der Waals surface area contributed by atoms with Crippen molar-refractivity contribution in [3.05, 3.63) is 78.6 Å². The van der Waals surface area contributed by atoms with Crippen molar-refractivity contribution in [2.45, 2.75) is 6.54 Å². The Kier molecular flexibility index (Phi) is 9.08. The highest BCUT2D eigenvalue weighted by Gasteiger charge is 2.25. The van der Waals surface area contributed by atoms with Crippen LogP contribution in [0.15, 0.2) is 67.0 Å². The number of piperazine rings is 2. The lowest BCUT2D eigenvalue weighted by Gasteiger charge is -2.37. The van der Waals surface area contributed by atoms with Gasteiger partial charge in [-0.2, -0.15) is 5.10 Å². The van der Waals surface area contributed by atoms with Gasteiger partial charge in [-0.1, -0.05) is 0 Å². The molecular formula is C32H36F2N8O2. The third kappa shape index (κ3) is 6.87. The highest BCUT2D eigenvalue weighted by Crippen LogP contribution is 2.27. The molecule has 0 aliphatic carbocycles. The minimum Gasteiger partial charge on any atom is -0.383 e. The molecule has 4 heterocycles. The van der Waals surface area contributed by atoms with E-state index in [1.54, 1.807) is 42.4 Å². The minimum absolute atomic E-state index is 0.0297. The van der Waals surface area contributed by atoms with E-state index in [9.17, 15) is 13.6 Å². The molecule has 2 aromatic heterocycles. The first kappa shape index (κ1) is 29.6. The van der Waals surface area contributed by atoms with Crippen LogP contribution < -0.4 is 9.80 Å². The van der Waals surface area contributed by atoms with Crippen molar-refractivity contribution in [3.8, 4) is 22.5 Å². The molecule has 2 saturated heterocycles. The van der Waals surface area contributed by atoms with Crippen LogP contribution in [0.4, 0.5) is 20.4 Å². The van der Waals surface area contributed by atoms with E-state index >= 15 is 0 Å². The van der Waals surface area contributed by atoms with Gasteiger partial charge in [-0.15, -0.1) is 0 Å². The number of carbonyl (C=O) groups is 1. The van der Waals surface area contributed by atoms with E-state index in [1.807, 2.05) is 17.0 Å². The second-order valence-corrected chi connectivity index (χ2v) is 11.0. The molecule has 0 N–H and O–H groups in total. The summed E-state index contributed by atoms with van der Waals surface area (Å²) in [6.07, 6.45) is 1.62. The van der Waals surface area contributed by atoms with Crippen LogP contribution in [0.1, 0.15) is 0 Å². The monoisotopic (exact) mass is 602 g/mol. The van der Waals surface area contributed by atoms with E-state index in [-0.39, 0.29) is 24.1 Å². The number of amides is 1. The molecule has 0 saturated carbocycles. The normalized spacial score (nSPS) is 16.0. The van der Waals surface area contributed by atoms with Gasteiger partial charge in [-0.3, -0.25) is 14.4 Å². The van der Waals surface area contributed by atoms with Gasteiger partial charge in [0.1, 0.15) is 36.1 Å². The maximum absolute atomic E-state index is 13.6. The van der Waals surface area contributed by atoms with Crippen molar-refractivity contribution in [1.29, 1.82) is 0 Å². The van der Waals surface area contributed by atoms with Crippen molar-refractivity contribution in [3.63, 3.8) is 0 Å². The van der Waals surface area contributed by atoms with E-state index < -0.39 is 0 Å². The summed E-state index contributed by atoms with van der Waals surface area (Å²) in [7, 11) is 1.73. The van der Waals surface area contributed by atoms with E-state index in [0.717, 1.165) is 62.1 Å². The van der Waals surface area contributed by atoms with Crippen LogP contribution >= 0.6 is 0 Å². The van der Waals surface area contributed by atoms with Gasteiger partial charge < -0.3 is 19.4 Å². The number of hydrogen-bond donors (Lipinski definition) is 0. The van der Waals surface area contributed by atoms with Crippen molar-refractivity contribution in [2.75, 3.05) is 82.4 Å². The van der Waals surface area contributed by atoms with Gasteiger partial charge in [0.25, 0.3) is 0 Å². The van der Waals surface area contributed by atoms with E-state index in [1.165, 1.54) is 24.3 Å². The van der Waals surface area contributed by atoms with Gasteiger partial charge in [0.15, 0.2) is 0 Å². The molecule has 2 aliphatic heterocycles. The molecule has 0 atom stereocenters. The number of hydrogen-bond acceptors (Lipinski definition) is 8. The zero-order chi connectivity index (χ0) is 30.5. The molecule has 2 fully saturated rings. The van der Waals surface area contributed by atoms with Crippen LogP contribution in [0.25, 0.3) is 22.5 Å². The Morgan fingerprint density at radius 3 is 1.93 bits per heavy atom. The third-order valence-corrected chi connectivity index (χ3v) is 8.25. The Balaban J connectivity index is 1.10. The lowest BCUT2D eigenvalue weighted by atomic mass is 10.1. The number of rotatable bonds is 9. The number of benzene rings is 2. The van der Waals surface area contributed by atoms with Crippen molar-refractivity contribution < 1.29 is 18.3 Å². The number of nitrogens with zero attached hydrogens (tertiary/aromatic N) is 8. The first-order valence-corrected chi connectivity index (χ1v) is 14.9. The van der Waals surface area contributed by atoms with Crippen LogP contribution in [0.3, 0.4) is 0 Å². The lowest BCUT2D eigenvalue weighted by molar-refractivity contribution is -0.132. The van der Waals surface area contributed by atoms with Gasteiger partial charge >= 0.3 is 0 Å². The number of aromatic nitrogens is 4. The predicted octanol–water partition coefficient (Wildman–Crippen LogP) is 3.40. The SMILES string of the molecule is COCCN1CCN(c2cc(N3CCN(C(=O)Cn4nc(-c5ccc(F)cc5)cc4-c4ccc(F)cc4)CC3)ncn2)CC1. The highest BCUT2D eigenvalue weighted by atomic mass is 19.1. The van der Waals surface area contributed by atoms with E-state index in [2.05, 4.69) is 24.7 Å². The number of carbonyl (C=O) groups excluding carboxylic acids is 1. The Labute approximate surface area is 255 Å². The average Bonchev–Trinajstić information content (AvgIpc) is 3.48. The smallest absolute Gasteiger partial charge is 0.244 e. The van der Waals surface area contributed by atoms with Gasteiger partial charge in [-0.05, 0) is 54.6 Å². The summed E-state index contributed by atoms with van der Waals surface area (Å²) < 4.78 is 34.0. The summed E-state index contributed by atoms with van der Waals surface area (Å²) in [5.41, 5.74) is 2.76. The molecule has 10 nitrogen and oxygen atoms in total. The molecule has 12 heteroatoms. The van der Waals surface area contributed by atoms with Crippen molar-refractivity contribution >= 4 is 17.5 Å². The molecule has 6 rings (SSSR count). The van der Waals surface area contributed by atoms with Gasteiger partial charge in [-0.25, -0.2) is 18.7 Å². The summed E-state index contributed by atoms with van der Waals surface area (Å²) in [6.45, 7) is 7.84. The second kappa shape index (κ2) is 13.5. The molecule has 1 amide bonds. The van der Waals surface area contributed by atoms with Crippen LogP contribution in [0.5, 0.6) is 0 Å². The van der Waals surface area contributed by atoms with Gasteiger partial charge in [0, 0.05) is 83.2 Å².